The number of unbranched alkanes of at least 4 members (excludes halogenated alkanes) is 3. The molecule has 0 bridgehead atoms. The second-order valence-electron chi connectivity index (χ2n) is 9.37. The van der Waals surface area contributed by atoms with Crippen molar-refractivity contribution in [3.05, 3.63) is 77.1 Å². The Morgan fingerprint density at radius 1 is 0.974 bits per heavy atom. The Labute approximate surface area is 222 Å². The highest BCUT2D eigenvalue weighted by Gasteiger charge is 2.14. The minimum absolute atomic E-state index is 0.299. The number of amides is 1. The highest BCUT2D eigenvalue weighted by Crippen LogP contribution is 2.36. The zero-order valence-electron chi connectivity index (χ0n) is 21.7. The lowest BCUT2D eigenvalue weighted by Gasteiger charge is -2.20. The minimum Gasteiger partial charge on any atom is -0.489 e. The maximum atomic E-state index is 14.7. The normalized spacial score (nSPS) is 12.3. The van der Waals surface area contributed by atoms with Gasteiger partial charge in [-0.3, -0.25) is 10.0 Å². The van der Waals surface area contributed by atoms with Crippen LogP contribution in [0.2, 0.25) is 0 Å². The molecule has 0 aliphatic carbocycles. The van der Waals surface area contributed by atoms with E-state index in [4.69, 9.17) is 19.4 Å². The molecular formula is C30H35FN2O5. The van der Waals surface area contributed by atoms with Crippen LogP contribution in [-0.4, -0.2) is 30.9 Å². The summed E-state index contributed by atoms with van der Waals surface area (Å²) in [5.74, 6) is 1.35. The van der Waals surface area contributed by atoms with Gasteiger partial charge in [-0.2, -0.15) is 0 Å². The highest BCUT2D eigenvalue weighted by molar-refractivity contribution is 5.74. The summed E-state index contributed by atoms with van der Waals surface area (Å²) in [5.41, 5.74) is 6.49. The van der Waals surface area contributed by atoms with Crippen LogP contribution in [0.25, 0.3) is 11.1 Å². The molecule has 3 aromatic carbocycles. The van der Waals surface area contributed by atoms with Crippen molar-refractivity contribution in [2.75, 3.05) is 19.8 Å². The number of benzene rings is 3. The second kappa shape index (κ2) is 13.8. The molecule has 1 aliphatic rings. The molecule has 7 nitrogen and oxygen atoms in total. The SMILES string of the molecule is Cc1c(COc2ccc(CNCCCCCCC(=O)NO)c(F)c2)cccc1-c1ccc2c(c1)OCCO2. The van der Waals surface area contributed by atoms with E-state index in [1.54, 1.807) is 17.6 Å². The van der Waals surface area contributed by atoms with E-state index in [0.717, 1.165) is 66.0 Å². The molecule has 1 heterocycles. The molecule has 0 saturated carbocycles. The first kappa shape index (κ1) is 27.4. The summed E-state index contributed by atoms with van der Waals surface area (Å²) in [7, 11) is 0. The Balaban J connectivity index is 1.26. The Kier molecular flexibility index (Phi) is 9.95. The molecular weight excluding hydrogens is 487 g/mol. The first-order chi connectivity index (χ1) is 18.5. The molecule has 0 fully saturated rings. The molecule has 0 atom stereocenters. The number of hydrogen-bond acceptors (Lipinski definition) is 6. The maximum absolute atomic E-state index is 14.7. The predicted octanol–water partition coefficient (Wildman–Crippen LogP) is 5.70. The predicted molar refractivity (Wildman–Crippen MR) is 143 cm³/mol. The van der Waals surface area contributed by atoms with Gasteiger partial charge < -0.3 is 19.5 Å². The Bertz CT molecular complexity index is 1230. The van der Waals surface area contributed by atoms with Gasteiger partial charge in [0, 0.05) is 24.6 Å². The van der Waals surface area contributed by atoms with Crippen LogP contribution in [0.3, 0.4) is 0 Å². The van der Waals surface area contributed by atoms with Crippen molar-refractivity contribution < 1.29 is 28.6 Å². The van der Waals surface area contributed by atoms with Gasteiger partial charge in [0.05, 0.1) is 0 Å². The van der Waals surface area contributed by atoms with E-state index in [1.807, 2.05) is 30.3 Å². The van der Waals surface area contributed by atoms with Gasteiger partial charge in [-0.05, 0) is 66.8 Å². The van der Waals surface area contributed by atoms with Crippen molar-refractivity contribution in [2.45, 2.75) is 52.2 Å². The lowest BCUT2D eigenvalue weighted by atomic mass is 9.96. The first-order valence-corrected chi connectivity index (χ1v) is 13.1. The molecule has 38 heavy (non-hydrogen) atoms. The van der Waals surface area contributed by atoms with Crippen LogP contribution in [-0.2, 0) is 17.9 Å². The number of carbonyl (C=O) groups excluding carboxylic acids is 1. The van der Waals surface area contributed by atoms with Crippen LogP contribution in [0, 0.1) is 12.7 Å². The first-order valence-electron chi connectivity index (χ1n) is 13.1. The van der Waals surface area contributed by atoms with E-state index in [1.165, 1.54) is 6.07 Å². The van der Waals surface area contributed by atoms with Gasteiger partial charge in [-0.25, -0.2) is 9.87 Å². The number of hydrogen-bond donors (Lipinski definition) is 3. The van der Waals surface area contributed by atoms with Crippen molar-refractivity contribution in [1.82, 2.24) is 10.8 Å². The molecule has 0 radical (unpaired) electrons. The average Bonchev–Trinajstić information content (AvgIpc) is 2.94. The summed E-state index contributed by atoms with van der Waals surface area (Å²) in [4.78, 5) is 11.0. The van der Waals surface area contributed by atoms with Crippen LogP contribution in [0.4, 0.5) is 4.39 Å². The van der Waals surface area contributed by atoms with Gasteiger partial charge in [-0.15, -0.1) is 0 Å². The Morgan fingerprint density at radius 3 is 2.61 bits per heavy atom. The Morgan fingerprint density at radius 2 is 1.79 bits per heavy atom. The fourth-order valence-corrected chi connectivity index (χ4v) is 4.45. The Hall–Kier alpha value is -3.62. The van der Waals surface area contributed by atoms with Gasteiger partial charge in [-0.1, -0.05) is 43.2 Å². The quantitative estimate of drug-likeness (QED) is 0.152. The fraction of sp³-hybridized carbons (Fsp3) is 0.367. The number of rotatable bonds is 13. The number of halogens is 1. The van der Waals surface area contributed by atoms with Gasteiger partial charge in [0.25, 0.3) is 0 Å². The van der Waals surface area contributed by atoms with E-state index in [9.17, 15) is 9.18 Å². The van der Waals surface area contributed by atoms with Gasteiger partial charge in [0.2, 0.25) is 5.91 Å². The average molecular weight is 523 g/mol. The molecule has 3 N–H and O–H groups in total. The lowest BCUT2D eigenvalue weighted by Crippen LogP contribution is -2.18. The highest BCUT2D eigenvalue weighted by atomic mass is 19.1. The fourth-order valence-electron chi connectivity index (χ4n) is 4.45. The van der Waals surface area contributed by atoms with Gasteiger partial charge >= 0.3 is 0 Å². The number of carbonyl (C=O) groups is 1. The topological polar surface area (TPSA) is 89.1 Å². The van der Waals surface area contributed by atoms with Crippen LogP contribution in [0.15, 0.2) is 54.6 Å². The molecule has 0 unspecified atom stereocenters. The van der Waals surface area contributed by atoms with Crippen LogP contribution >= 0.6 is 0 Å². The molecule has 1 aliphatic heterocycles. The molecule has 8 heteroatoms. The summed E-state index contributed by atoms with van der Waals surface area (Å²) >= 11 is 0. The van der Waals surface area contributed by atoms with Crippen molar-refractivity contribution >= 4 is 5.91 Å². The van der Waals surface area contributed by atoms with E-state index >= 15 is 0 Å². The number of hydroxylamine groups is 1. The van der Waals surface area contributed by atoms with Crippen molar-refractivity contribution in [3.63, 3.8) is 0 Å². The third-order valence-electron chi connectivity index (χ3n) is 6.67. The van der Waals surface area contributed by atoms with Crippen LogP contribution in [0.1, 0.15) is 48.8 Å². The summed E-state index contributed by atoms with van der Waals surface area (Å²) < 4.78 is 32.0. The van der Waals surface area contributed by atoms with Crippen LogP contribution in [0.5, 0.6) is 17.2 Å². The minimum atomic E-state index is -0.355. The smallest absolute Gasteiger partial charge is 0.243 e. The molecule has 202 valence electrons. The summed E-state index contributed by atoms with van der Waals surface area (Å²) in [5, 5.41) is 11.7. The summed E-state index contributed by atoms with van der Waals surface area (Å²) in [6.45, 7) is 4.71. The molecule has 0 saturated heterocycles. The maximum Gasteiger partial charge on any atom is 0.243 e. The number of ether oxygens (including phenoxy) is 3. The number of fused-ring (bicyclic) bond motifs is 1. The largest absolute Gasteiger partial charge is 0.489 e. The third kappa shape index (κ3) is 7.46. The standard InChI is InChI=1S/C30H35FN2O5/c1-21-24(7-6-8-26(21)22-11-13-28-29(17-22)37-16-15-36-28)20-38-25-12-10-23(27(31)18-25)19-32-14-5-3-2-4-9-30(34)33-35/h6-8,10-13,17-18,32,35H,2-5,9,14-16,19-20H2,1H3,(H,33,34). The zero-order valence-corrected chi connectivity index (χ0v) is 21.7. The zero-order chi connectivity index (χ0) is 26.7. The lowest BCUT2D eigenvalue weighted by molar-refractivity contribution is -0.129. The van der Waals surface area contributed by atoms with Gasteiger partial charge in [0.15, 0.2) is 11.5 Å². The van der Waals surface area contributed by atoms with Gasteiger partial charge in [0.1, 0.15) is 31.4 Å². The second-order valence-corrected chi connectivity index (χ2v) is 9.37. The molecule has 3 aromatic rings. The number of nitrogens with one attached hydrogen (secondary N) is 2. The monoisotopic (exact) mass is 522 g/mol. The molecule has 0 spiro atoms. The van der Waals surface area contributed by atoms with Crippen LogP contribution < -0.4 is 25.0 Å². The molecule has 1 amide bonds. The summed E-state index contributed by atoms with van der Waals surface area (Å²) in [6.07, 6.45) is 3.89. The summed E-state index contributed by atoms with van der Waals surface area (Å²) in [6, 6.07) is 17.0. The van der Waals surface area contributed by atoms with Crippen molar-refractivity contribution in [2.24, 2.45) is 0 Å². The third-order valence-corrected chi connectivity index (χ3v) is 6.67. The van der Waals surface area contributed by atoms with E-state index < -0.39 is 0 Å². The van der Waals surface area contributed by atoms with Crippen molar-refractivity contribution in [3.8, 4) is 28.4 Å². The van der Waals surface area contributed by atoms with Crippen molar-refractivity contribution in [1.29, 1.82) is 0 Å². The van der Waals surface area contributed by atoms with E-state index in [-0.39, 0.29) is 11.7 Å². The van der Waals surface area contributed by atoms with E-state index in [0.29, 0.717) is 44.1 Å². The molecule has 4 rings (SSSR count). The molecule has 0 aromatic heterocycles. The van der Waals surface area contributed by atoms with E-state index in [2.05, 4.69) is 18.3 Å².